The minimum atomic E-state index is -2.41. The monoisotopic (exact) mass is 1220 g/mol. The lowest BCUT2D eigenvalue weighted by Gasteiger charge is -2.54. The van der Waals surface area contributed by atoms with Crippen molar-refractivity contribution in [2.24, 2.45) is 23.7 Å². The first-order valence-corrected chi connectivity index (χ1v) is 41.6. The SMILES string of the molecule is C=CCC[C@@H]1O[C@@H]([C@H](/C=C/C(O)CC[C@H]2CC(=C)[C@H](CCC3C[C@@H](C)C(=C)[C@@H](CC4O[C@H]5C[C@@H](C)[C@@H](CCC)O[C@H]5[C@H](C)[C@H]4OCc4ccc(OC)cc4)O3)O2)O[Si](C)(C)C(C)(C)C)[C@@H](O[Si](C)(C)C(C)(C)C)[C@@H](O[Si](C)(C)C(C)(C)C)[C@H]1C. The number of fused-ring (bicyclic) bond motifs is 1. The minimum absolute atomic E-state index is 0.00404. The molecule has 5 saturated heterocycles. The minimum Gasteiger partial charge on any atom is -0.497 e. The van der Waals surface area contributed by atoms with Crippen LogP contribution < -0.4 is 4.74 Å². The summed E-state index contributed by atoms with van der Waals surface area (Å²) in [5.41, 5.74) is 3.35. The van der Waals surface area contributed by atoms with Crippen LogP contribution in [0.4, 0.5) is 0 Å². The van der Waals surface area contributed by atoms with Crippen LogP contribution in [-0.2, 0) is 48.3 Å². The van der Waals surface area contributed by atoms with Crippen molar-refractivity contribution in [2.75, 3.05) is 7.11 Å². The molecule has 84 heavy (non-hydrogen) atoms. The van der Waals surface area contributed by atoms with E-state index in [1.807, 2.05) is 24.3 Å². The summed E-state index contributed by atoms with van der Waals surface area (Å²) in [7, 11) is -5.40. The van der Waals surface area contributed by atoms with Gasteiger partial charge in [0.05, 0.1) is 99.2 Å². The molecule has 1 N–H and O–H groups in total. The molecule has 14 heteroatoms. The Balaban J connectivity index is 1.13. The van der Waals surface area contributed by atoms with Gasteiger partial charge in [0.1, 0.15) is 11.9 Å². The van der Waals surface area contributed by atoms with Crippen LogP contribution in [0.25, 0.3) is 0 Å². The molecular formula is C70H122O11Si3. The lowest BCUT2D eigenvalue weighted by molar-refractivity contribution is -0.269. The number of allylic oxidation sites excluding steroid dienone is 1. The number of hydrogen-bond donors (Lipinski definition) is 1. The topological polar surface area (TPSA) is 113 Å². The lowest BCUT2D eigenvalue weighted by Crippen LogP contribution is -2.65. The zero-order valence-corrected chi connectivity index (χ0v) is 59.9. The van der Waals surface area contributed by atoms with Crippen LogP contribution in [0.1, 0.15) is 180 Å². The van der Waals surface area contributed by atoms with Gasteiger partial charge in [-0.3, -0.25) is 0 Å². The summed E-state index contributed by atoms with van der Waals surface area (Å²) in [6.45, 7) is 59.9. The Hall–Kier alpha value is -1.77. The fraction of sp³-hybridized carbons (Fsp3) is 0.800. The van der Waals surface area contributed by atoms with Gasteiger partial charge < -0.3 is 51.5 Å². The summed E-state index contributed by atoms with van der Waals surface area (Å²) >= 11 is 0. The molecule has 19 atom stereocenters. The average molecular weight is 1220 g/mol. The van der Waals surface area contributed by atoms with E-state index in [1.54, 1.807) is 7.11 Å². The van der Waals surface area contributed by atoms with Crippen molar-refractivity contribution in [3.63, 3.8) is 0 Å². The third-order valence-corrected chi connectivity index (χ3v) is 34.9. The molecule has 6 rings (SSSR count). The molecule has 0 amide bonds. The van der Waals surface area contributed by atoms with E-state index in [-0.39, 0.29) is 100 Å². The van der Waals surface area contributed by atoms with Crippen molar-refractivity contribution in [3.05, 3.63) is 78.9 Å². The van der Waals surface area contributed by atoms with E-state index in [0.29, 0.717) is 37.7 Å². The Labute approximate surface area is 515 Å². The summed E-state index contributed by atoms with van der Waals surface area (Å²) in [5, 5.41) is 11.8. The lowest BCUT2D eigenvalue weighted by atomic mass is 9.78. The molecule has 0 saturated carbocycles. The number of hydrogen-bond acceptors (Lipinski definition) is 11. The molecule has 1 aromatic carbocycles. The maximum Gasteiger partial charge on any atom is 0.193 e. The maximum atomic E-state index is 11.9. The van der Waals surface area contributed by atoms with Crippen molar-refractivity contribution in [2.45, 2.75) is 327 Å². The van der Waals surface area contributed by atoms with Gasteiger partial charge in [0, 0.05) is 18.3 Å². The van der Waals surface area contributed by atoms with Crippen LogP contribution in [0.3, 0.4) is 0 Å². The fourth-order valence-corrected chi connectivity index (χ4v) is 16.6. The molecule has 0 radical (unpaired) electrons. The second-order valence-corrected chi connectivity index (χ2v) is 45.4. The van der Waals surface area contributed by atoms with Crippen molar-refractivity contribution < 1.29 is 51.5 Å². The Morgan fingerprint density at radius 3 is 1.88 bits per heavy atom. The number of rotatable bonds is 26. The van der Waals surface area contributed by atoms with E-state index in [9.17, 15) is 5.11 Å². The van der Waals surface area contributed by atoms with Crippen LogP contribution >= 0.6 is 0 Å². The van der Waals surface area contributed by atoms with E-state index in [0.717, 1.165) is 80.2 Å². The third kappa shape index (κ3) is 18.0. The number of aliphatic hydroxyl groups is 1. The average Bonchev–Trinajstić information content (AvgIpc) is 1.60. The molecule has 5 aliphatic rings. The van der Waals surface area contributed by atoms with Crippen LogP contribution in [0, 0.1) is 23.7 Å². The zero-order valence-electron chi connectivity index (χ0n) is 56.9. The second-order valence-electron chi connectivity index (χ2n) is 31.1. The molecule has 480 valence electrons. The molecule has 3 unspecified atom stereocenters. The molecular weight excluding hydrogens is 1100 g/mol. The van der Waals surface area contributed by atoms with Gasteiger partial charge in [0.25, 0.3) is 0 Å². The smallest absolute Gasteiger partial charge is 0.193 e. The second kappa shape index (κ2) is 29.5. The summed E-state index contributed by atoms with van der Waals surface area (Å²) in [6, 6.07) is 8.13. The predicted octanol–water partition coefficient (Wildman–Crippen LogP) is 17.0. The summed E-state index contributed by atoms with van der Waals surface area (Å²) < 4.78 is 70.3. The van der Waals surface area contributed by atoms with Crippen LogP contribution in [0.2, 0.25) is 54.4 Å². The molecule has 5 aliphatic heterocycles. The quantitative estimate of drug-likeness (QED) is 0.0707. The van der Waals surface area contributed by atoms with Crippen molar-refractivity contribution in [3.8, 4) is 5.75 Å². The van der Waals surface area contributed by atoms with Gasteiger partial charge in [-0.1, -0.05) is 147 Å². The van der Waals surface area contributed by atoms with E-state index in [2.05, 4.69) is 174 Å². The predicted molar refractivity (Wildman–Crippen MR) is 352 cm³/mol. The van der Waals surface area contributed by atoms with Gasteiger partial charge in [-0.2, -0.15) is 0 Å². The molecule has 0 bridgehead atoms. The van der Waals surface area contributed by atoms with E-state index in [4.69, 9.17) is 46.4 Å². The number of methoxy groups -OCH3 is 1. The molecule has 5 fully saturated rings. The normalized spacial score (nSPS) is 34.0. The fourth-order valence-electron chi connectivity index (χ4n) is 12.7. The van der Waals surface area contributed by atoms with E-state index < -0.39 is 43.3 Å². The van der Waals surface area contributed by atoms with E-state index in [1.165, 1.54) is 0 Å². The number of aliphatic hydroxyl groups excluding tert-OH is 1. The summed E-state index contributed by atoms with van der Waals surface area (Å²) in [4.78, 5) is 0. The first-order chi connectivity index (χ1) is 39.0. The summed E-state index contributed by atoms with van der Waals surface area (Å²) in [5.74, 6) is 1.77. The third-order valence-electron chi connectivity index (χ3n) is 21.5. The summed E-state index contributed by atoms with van der Waals surface area (Å²) in [6.07, 6.45) is 13.5. The number of ether oxygens (including phenoxy) is 7. The Morgan fingerprint density at radius 2 is 1.29 bits per heavy atom. The van der Waals surface area contributed by atoms with Gasteiger partial charge in [-0.05, 0) is 159 Å². The highest BCUT2D eigenvalue weighted by atomic mass is 28.4. The van der Waals surface area contributed by atoms with Gasteiger partial charge >= 0.3 is 0 Å². The maximum absolute atomic E-state index is 11.9. The Kier molecular flexibility index (Phi) is 25.0. The van der Waals surface area contributed by atoms with Gasteiger partial charge in [-0.15, -0.1) is 6.58 Å². The first-order valence-electron chi connectivity index (χ1n) is 32.9. The molecule has 0 aliphatic carbocycles. The zero-order chi connectivity index (χ0) is 62.5. The molecule has 0 spiro atoms. The van der Waals surface area contributed by atoms with Crippen molar-refractivity contribution in [1.29, 1.82) is 0 Å². The molecule has 1 aromatic rings. The largest absolute Gasteiger partial charge is 0.497 e. The highest BCUT2D eigenvalue weighted by molar-refractivity contribution is 6.75. The van der Waals surface area contributed by atoms with Gasteiger partial charge in [0.15, 0.2) is 25.0 Å². The number of benzene rings is 1. The van der Waals surface area contributed by atoms with Crippen molar-refractivity contribution in [1.82, 2.24) is 0 Å². The highest BCUT2D eigenvalue weighted by Gasteiger charge is 2.56. The van der Waals surface area contributed by atoms with Gasteiger partial charge in [-0.25, -0.2) is 0 Å². The van der Waals surface area contributed by atoms with Crippen molar-refractivity contribution >= 4 is 25.0 Å². The standard InChI is InChI=1S/C70H122O11Si3/c1-25-27-29-58-49(7)65(80-83(21,22)69(12,13)14)67(81-84(23,24)70(15,16)17)66(78-58)59(79-82(19,20)68(9,10)11)38-33-52(71)32-36-54-41-46(4)57(74-54)39-37-55-40-45(3)48(6)60(75-55)43-62-63(73-44-51-30-34-53(72-18)35-31-51)50(8)64-61(76-62)42-47(5)56(77-64)28-26-2/h25,30-31,33-35,38,45,47,49-50,52,54-67,71H,1,4,6,26-29,32,36-37,39-44H2,2-3,5,7-24H3/b38-33+/t45-,47-,49+,50-,52?,54+,55?,56-,57+,58+,59+,60-,61+,62?,63-,64+,65+,66+,67+/m1/s1. The molecule has 11 nitrogen and oxygen atoms in total. The van der Waals surface area contributed by atoms with Crippen LogP contribution in [0.15, 0.2) is 73.4 Å². The van der Waals surface area contributed by atoms with Crippen LogP contribution in [-0.4, -0.2) is 129 Å². The van der Waals surface area contributed by atoms with Gasteiger partial charge in [0.2, 0.25) is 0 Å². The molecule has 5 heterocycles. The van der Waals surface area contributed by atoms with Crippen LogP contribution in [0.5, 0.6) is 5.75 Å². The highest BCUT2D eigenvalue weighted by Crippen LogP contribution is 2.48. The Morgan fingerprint density at radius 1 is 0.667 bits per heavy atom. The first kappa shape index (κ1) is 71.3. The van der Waals surface area contributed by atoms with E-state index >= 15 is 0 Å². The Bertz CT molecular complexity index is 2280. The molecule has 0 aromatic heterocycles.